The molecule has 0 bridgehead atoms. The molecule has 8 heteroatoms. The van der Waals surface area contributed by atoms with Crippen LogP contribution in [0.3, 0.4) is 0 Å². The monoisotopic (exact) mass is 487 g/mol. The molecule has 7 nitrogen and oxygen atoms in total. The molecule has 34 heavy (non-hydrogen) atoms. The van der Waals surface area contributed by atoms with Crippen molar-refractivity contribution < 1.29 is 28.6 Å². The number of fused-ring (bicyclic) bond motifs is 1. The Kier molecular flexibility index (Phi) is 8.36. The van der Waals surface area contributed by atoms with Gasteiger partial charge in [-0.15, -0.1) is 11.3 Å². The number of benzene rings is 1. The predicted octanol–water partition coefficient (Wildman–Crippen LogP) is 5.30. The van der Waals surface area contributed by atoms with E-state index < -0.39 is 11.9 Å². The van der Waals surface area contributed by atoms with Crippen molar-refractivity contribution in [3.05, 3.63) is 39.8 Å². The van der Waals surface area contributed by atoms with Gasteiger partial charge in [0.1, 0.15) is 11.3 Å². The Morgan fingerprint density at radius 2 is 1.91 bits per heavy atom. The summed E-state index contributed by atoms with van der Waals surface area (Å²) < 4.78 is 16.5. The average molecular weight is 488 g/mol. The Morgan fingerprint density at radius 3 is 2.56 bits per heavy atom. The normalized spacial score (nSPS) is 15.3. The first-order chi connectivity index (χ1) is 16.2. The van der Waals surface area contributed by atoms with Gasteiger partial charge in [-0.1, -0.05) is 20.8 Å². The second-order valence-corrected chi connectivity index (χ2v) is 10.4. The Labute approximate surface area is 204 Å². The number of carbonyl (C=O) groups is 3. The summed E-state index contributed by atoms with van der Waals surface area (Å²) in [4.78, 5) is 37.7. The largest absolute Gasteiger partial charge is 0.490 e. The summed E-state index contributed by atoms with van der Waals surface area (Å²) in [6.45, 7) is 10.7. The molecule has 1 aliphatic carbocycles. The summed E-state index contributed by atoms with van der Waals surface area (Å²) in [5.74, 6) is 0.470. The van der Waals surface area contributed by atoms with Gasteiger partial charge in [0, 0.05) is 10.4 Å². The smallest absolute Gasteiger partial charge is 0.341 e. The standard InChI is InChI=1S/C26H33NO6S/c1-6-31-20-12-16(14-28)8-11-19(20)33-15-22(29)27-24-23(25(30)32-7-2)18-10-9-17(26(3,4)5)13-21(18)34-24/h8,11-12,14,17H,6-7,9-10,13,15H2,1-5H3,(H,27,29)/t17-/m1/s1. The molecule has 1 aliphatic rings. The van der Waals surface area contributed by atoms with Gasteiger partial charge in [0.05, 0.1) is 18.8 Å². The SMILES string of the molecule is CCOC(=O)c1c(NC(=O)COc2ccc(C=O)cc2OCC)sc2c1CC[C@@H](C(C)(C)C)C2. The molecule has 184 valence electrons. The fourth-order valence-electron chi connectivity index (χ4n) is 4.12. The van der Waals surface area contributed by atoms with E-state index in [4.69, 9.17) is 14.2 Å². The van der Waals surface area contributed by atoms with Crippen LogP contribution in [-0.2, 0) is 22.4 Å². The number of anilines is 1. The number of hydrogen-bond acceptors (Lipinski definition) is 7. The first kappa shape index (κ1) is 25.7. The lowest BCUT2D eigenvalue weighted by Gasteiger charge is -2.33. The van der Waals surface area contributed by atoms with E-state index in [1.807, 2.05) is 6.92 Å². The maximum absolute atomic E-state index is 12.8. The molecular weight excluding hydrogens is 454 g/mol. The van der Waals surface area contributed by atoms with Gasteiger partial charge < -0.3 is 19.5 Å². The van der Waals surface area contributed by atoms with Crippen LogP contribution in [0.4, 0.5) is 5.00 Å². The topological polar surface area (TPSA) is 90.9 Å². The maximum atomic E-state index is 12.8. The van der Waals surface area contributed by atoms with Crippen molar-refractivity contribution in [2.45, 2.75) is 53.9 Å². The molecule has 0 unspecified atom stereocenters. The lowest BCUT2D eigenvalue weighted by Crippen LogP contribution is -2.26. The van der Waals surface area contributed by atoms with Crippen LogP contribution in [0.25, 0.3) is 0 Å². The van der Waals surface area contributed by atoms with Crippen molar-refractivity contribution in [1.29, 1.82) is 0 Å². The molecule has 1 amide bonds. The zero-order chi connectivity index (χ0) is 24.9. The number of esters is 1. The van der Waals surface area contributed by atoms with E-state index >= 15 is 0 Å². The van der Waals surface area contributed by atoms with Crippen molar-refractivity contribution in [2.75, 3.05) is 25.1 Å². The zero-order valence-electron chi connectivity index (χ0n) is 20.5. The lowest BCUT2D eigenvalue weighted by molar-refractivity contribution is -0.118. The highest BCUT2D eigenvalue weighted by molar-refractivity contribution is 7.17. The highest BCUT2D eigenvalue weighted by Crippen LogP contribution is 2.44. The van der Waals surface area contributed by atoms with Gasteiger partial charge in [-0.05, 0) is 68.2 Å². The zero-order valence-corrected chi connectivity index (χ0v) is 21.3. The van der Waals surface area contributed by atoms with Crippen molar-refractivity contribution in [3.8, 4) is 11.5 Å². The Bertz CT molecular complexity index is 1050. The van der Waals surface area contributed by atoms with Crippen LogP contribution in [0.2, 0.25) is 0 Å². The summed E-state index contributed by atoms with van der Waals surface area (Å²) in [5.41, 5.74) is 2.08. The van der Waals surface area contributed by atoms with Gasteiger partial charge >= 0.3 is 5.97 Å². The second kappa shape index (κ2) is 11.0. The molecule has 2 aromatic rings. The van der Waals surface area contributed by atoms with E-state index in [1.54, 1.807) is 25.1 Å². The molecule has 0 saturated heterocycles. The van der Waals surface area contributed by atoms with E-state index in [0.29, 0.717) is 40.2 Å². The molecule has 0 fully saturated rings. The lowest BCUT2D eigenvalue weighted by atomic mass is 9.72. The molecule has 0 radical (unpaired) electrons. The van der Waals surface area contributed by atoms with E-state index in [1.165, 1.54) is 11.3 Å². The van der Waals surface area contributed by atoms with Crippen molar-refractivity contribution >= 4 is 34.5 Å². The van der Waals surface area contributed by atoms with E-state index in [0.717, 1.165) is 36.0 Å². The minimum atomic E-state index is -0.409. The highest BCUT2D eigenvalue weighted by Gasteiger charge is 2.34. The number of nitrogens with one attached hydrogen (secondary N) is 1. The molecule has 1 atom stereocenters. The van der Waals surface area contributed by atoms with Crippen LogP contribution in [0.15, 0.2) is 18.2 Å². The van der Waals surface area contributed by atoms with Gasteiger partial charge in [0.25, 0.3) is 5.91 Å². The van der Waals surface area contributed by atoms with Crippen LogP contribution in [0.1, 0.15) is 72.2 Å². The summed E-state index contributed by atoms with van der Waals surface area (Å²) in [6.07, 6.45) is 3.38. The first-order valence-electron chi connectivity index (χ1n) is 11.6. The van der Waals surface area contributed by atoms with Crippen molar-refractivity contribution in [2.24, 2.45) is 11.3 Å². The molecule has 0 saturated carbocycles. The highest BCUT2D eigenvalue weighted by atomic mass is 32.1. The van der Waals surface area contributed by atoms with Gasteiger partial charge in [-0.25, -0.2) is 4.79 Å². The number of aldehydes is 1. The van der Waals surface area contributed by atoms with Crippen LogP contribution < -0.4 is 14.8 Å². The number of rotatable bonds is 9. The third-order valence-corrected chi connectivity index (χ3v) is 7.15. The summed E-state index contributed by atoms with van der Waals surface area (Å²) in [7, 11) is 0. The third kappa shape index (κ3) is 5.97. The Hall–Kier alpha value is -2.87. The molecule has 1 N–H and O–H groups in total. The molecule has 1 heterocycles. The van der Waals surface area contributed by atoms with Crippen molar-refractivity contribution in [3.63, 3.8) is 0 Å². The molecule has 1 aromatic heterocycles. The number of ether oxygens (including phenoxy) is 3. The second-order valence-electron chi connectivity index (χ2n) is 9.33. The van der Waals surface area contributed by atoms with Gasteiger partial charge in [-0.3, -0.25) is 9.59 Å². The molecular formula is C26H33NO6S. The van der Waals surface area contributed by atoms with E-state index in [2.05, 4.69) is 26.1 Å². The predicted molar refractivity (Wildman–Crippen MR) is 132 cm³/mol. The van der Waals surface area contributed by atoms with Crippen LogP contribution in [0.5, 0.6) is 11.5 Å². The number of amides is 1. The van der Waals surface area contributed by atoms with Crippen LogP contribution in [0, 0.1) is 11.3 Å². The summed E-state index contributed by atoms with van der Waals surface area (Å²) in [6, 6.07) is 4.77. The maximum Gasteiger partial charge on any atom is 0.341 e. The molecule has 1 aromatic carbocycles. The van der Waals surface area contributed by atoms with Crippen molar-refractivity contribution in [1.82, 2.24) is 0 Å². The van der Waals surface area contributed by atoms with E-state index in [-0.39, 0.29) is 18.6 Å². The summed E-state index contributed by atoms with van der Waals surface area (Å²) in [5, 5.41) is 3.37. The fraction of sp³-hybridized carbons (Fsp3) is 0.500. The van der Waals surface area contributed by atoms with Gasteiger partial charge in [0.2, 0.25) is 0 Å². The van der Waals surface area contributed by atoms with E-state index in [9.17, 15) is 14.4 Å². The van der Waals surface area contributed by atoms with Gasteiger partial charge in [0.15, 0.2) is 18.1 Å². The number of thiophene rings is 1. The molecule has 0 spiro atoms. The Morgan fingerprint density at radius 1 is 1.15 bits per heavy atom. The third-order valence-electron chi connectivity index (χ3n) is 5.98. The van der Waals surface area contributed by atoms with Gasteiger partial charge in [-0.2, -0.15) is 0 Å². The minimum Gasteiger partial charge on any atom is -0.490 e. The summed E-state index contributed by atoms with van der Waals surface area (Å²) >= 11 is 1.45. The quantitative estimate of drug-likeness (QED) is 0.381. The fourth-order valence-corrected chi connectivity index (χ4v) is 5.46. The van der Waals surface area contributed by atoms with Crippen LogP contribution in [-0.4, -0.2) is 38.0 Å². The molecule has 3 rings (SSSR count). The first-order valence-corrected chi connectivity index (χ1v) is 12.5. The Balaban J connectivity index is 1.78. The average Bonchev–Trinajstić information content (AvgIpc) is 3.15. The number of hydrogen-bond donors (Lipinski definition) is 1. The number of carbonyl (C=O) groups excluding carboxylic acids is 3. The minimum absolute atomic E-state index is 0.167. The molecule has 0 aliphatic heterocycles. The van der Waals surface area contributed by atoms with Crippen LogP contribution >= 0.6 is 11.3 Å².